The van der Waals surface area contributed by atoms with Crippen molar-refractivity contribution in [2.45, 2.75) is 13.3 Å². The van der Waals surface area contributed by atoms with E-state index in [0.717, 1.165) is 21.9 Å². The van der Waals surface area contributed by atoms with Gasteiger partial charge in [0.15, 0.2) is 0 Å². The fraction of sp³-hybridized carbons (Fsp3) is 0.250. The lowest BCUT2D eigenvalue weighted by molar-refractivity contribution is -0.384. The summed E-state index contributed by atoms with van der Waals surface area (Å²) in [6, 6.07) is 12.8. The number of Topliss-reactive ketones (excluding diaryl/α,β-unsaturated/α-hetero) is 1. The van der Waals surface area contributed by atoms with Gasteiger partial charge in [-0.1, -0.05) is 12.1 Å². The molecule has 0 saturated carbocycles. The number of hydrogen-bond acceptors (Lipinski definition) is 7. The van der Waals surface area contributed by atoms with Gasteiger partial charge in [-0.3, -0.25) is 14.9 Å². The fourth-order valence-electron chi connectivity index (χ4n) is 2.77. The molecule has 28 heavy (non-hydrogen) atoms. The Bertz CT molecular complexity index is 999. The summed E-state index contributed by atoms with van der Waals surface area (Å²) >= 11 is 1.35. The minimum absolute atomic E-state index is 0.00953. The van der Waals surface area contributed by atoms with Gasteiger partial charge in [-0.25, -0.2) is 0 Å². The minimum Gasteiger partial charge on any atom is -0.378 e. The van der Waals surface area contributed by atoms with Crippen LogP contribution in [0.25, 0.3) is 11.1 Å². The van der Waals surface area contributed by atoms with Crippen molar-refractivity contribution in [2.24, 2.45) is 10.2 Å². The number of nitro benzene ring substituents is 1. The lowest BCUT2D eigenvalue weighted by atomic mass is 9.98. The third-order valence-electron chi connectivity index (χ3n) is 4.20. The molecule has 3 rings (SSSR count). The Morgan fingerprint density at radius 2 is 1.89 bits per heavy atom. The molecule has 0 unspecified atom stereocenters. The third-order valence-corrected chi connectivity index (χ3v) is 5.31. The molecule has 1 aliphatic heterocycles. The maximum Gasteiger partial charge on any atom is 0.270 e. The summed E-state index contributed by atoms with van der Waals surface area (Å²) in [4.78, 5) is 24.2. The molecule has 8 heteroatoms. The van der Waals surface area contributed by atoms with E-state index in [1.165, 1.54) is 24.8 Å². The summed E-state index contributed by atoms with van der Waals surface area (Å²) in [6.45, 7) is 1.53. The zero-order valence-electron chi connectivity index (χ0n) is 15.9. The molecule has 1 aliphatic rings. The number of nitro groups is 1. The molecule has 0 fully saturated rings. The van der Waals surface area contributed by atoms with Gasteiger partial charge in [-0.2, -0.15) is 5.10 Å². The molecule has 0 radical (unpaired) electrons. The summed E-state index contributed by atoms with van der Waals surface area (Å²) < 4.78 is 0. The average molecular weight is 396 g/mol. The number of non-ortho nitro benzene ring substituents is 1. The highest BCUT2D eigenvalue weighted by Crippen LogP contribution is 2.30. The first-order chi connectivity index (χ1) is 13.3. The van der Waals surface area contributed by atoms with Crippen LogP contribution >= 0.6 is 11.8 Å². The van der Waals surface area contributed by atoms with Crippen molar-refractivity contribution >= 4 is 39.7 Å². The number of nitrogens with zero attached hydrogens (tertiary/aromatic N) is 4. The molecule has 0 bridgehead atoms. The third kappa shape index (κ3) is 4.64. The highest BCUT2D eigenvalue weighted by Gasteiger charge is 2.19. The summed E-state index contributed by atoms with van der Waals surface area (Å²) in [5.41, 5.74) is 3.99. The van der Waals surface area contributed by atoms with Crippen LogP contribution < -0.4 is 4.90 Å². The quantitative estimate of drug-likeness (QED) is 0.540. The van der Waals surface area contributed by atoms with E-state index in [-0.39, 0.29) is 11.5 Å². The van der Waals surface area contributed by atoms with Crippen LogP contribution in [0, 0.1) is 10.1 Å². The van der Waals surface area contributed by atoms with Crippen molar-refractivity contribution in [3.63, 3.8) is 0 Å². The highest BCUT2D eigenvalue weighted by molar-refractivity contribution is 8.14. The largest absolute Gasteiger partial charge is 0.378 e. The van der Waals surface area contributed by atoms with E-state index in [0.29, 0.717) is 23.4 Å². The van der Waals surface area contributed by atoms with Crippen molar-refractivity contribution in [2.75, 3.05) is 24.7 Å². The molecule has 0 aromatic heterocycles. The Morgan fingerprint density at radius 3 is 2.57 bits per heavy atom. The number of benzene rings is 2. The number of carbonyl (C=O) groups is 1. The molecule has 2 aromatic carbocycles. The Balaban J connectivity index is 1.93. The Morgan fingerprint density at radius 1 is 1.14 bits per heavy atom. The van der Waals surface area contributed by atoms with E-state index in [4.69, 9.17) is 0 Å². The van der Waals surface area contributed by atoms with E-state index >= 15 is 0 Å². The van der Waals surface area contributed by atoms with Crippen LogP contribution in [0.1, 0.15) is 18.9 Å². The standard InChI is InChI=1S/C20H20N4O3S/c1-13(25)12-28-20-11-19(21-22-20)16-7-15(9-18(10-16)24(26)27)14-5-4-6-17(8-14)23(2)3/h4-10H,11-12H2,1-3H3. The average Bonchev–Trinajstić information content (AvgIpc) is 3.15. The Hall–Kier alpha value is -3.00. The zero-order valence-corrected chi connectivity index (χ0v) is 16.7. The van der Waals surface area contributed by atoms with Crippen LogP contribution in [0.15, 0.2) is 52.7 Å². The predicted molar refractivity (Wildman–Crippen MR) is 115 cm³/mol. The SMILES string of the molecule is CC(=O)CSC1=NN=C(c2cc(-c3cccc(N(C)C)c3)cc([N+](=O)[O-])c2)C1. The molecular weight excluding hydrogens is 376 g/mol. The second kappa shape index (κ2) is 8.35. The first kappa shape index (κ1) is 19.8. The molecule has 0 spiro atoms. The van der Waals surface area contributed by atoms with Crippen molar-refractivity contribution in [1.82, 2.24) is 0 Å². The van der Waals surface area contributed by atoms with Gasteiger partial charge in [-0.15, -0.1) is 16.9 Å². The first-order valence-electron chi connectivity index (χ1n) is 8.67. The number of rotatable bonds is 6. The molecule has 2 aromatic rings. The minimum atomic E-state index is -0.398. The number of anilines is 1. The molecule has 1 heterocycles. The van der Waals surface area contributed by atoms with Crippen LogP contribution in [0.2, 0.25) is 0 Å². The predicted octanol–water partition coefficient (Wildman–Crippen LogP) is 4.16. The molecule has 0 saturated heterocycles. The van der Waals surface area contributed by atoms with E-state index in [1.807, 2.05) is 49.3 Å². The molecular formula is C20H20N4O3S. The molecule has 7 nitrogen and oxygen atoms in total. The second-order valence-corrected chi connectivity index (χ2v) is 7.73. The maximum atomic E-state index is 11.5. The van der Waals surface area contributed by atoms with Gasteiger partial charge in [0.2, 0.25) is 0 Å². The number of carbonyl (C=O) groups excluding carboxylic acids is 1. The van der Waals surface area contributed by atoms with Gasteiger partial charge < -0.3 is 4.90 Å². The normalized spacial score (nSPS) is 13.1. The number of hydrogen-bond donors (Lipinski definition) is 0. The van der Waals surface area contributed by atoms with Gasteiger partial charge in [0, 0.05) is 43.9 Å². The molecule has 0 aliphatic carbocycles. The van der Waals surface area contributed by atoms with Crippen molar-refractivity contribution in [1.29, 1.82) is 0 Å². The number of ketones is 1. The van der Waals surface area contributed by atoms with Crippen LogP contribution in [-0.4, -0.2) is 41.3 Å². The summed E-state index contributed by atoms with van der Waals surface area (Å²) in [7, 11) is 3.89. The van der Waals surface area contributed by atoms with E-state index in [1.54, 1.807) is 6.07 Å². The number of thioether (sulfide) groups is 1. The Kier molecular flexibility index (Phi) is 5.89. The highest BCUT2D eigenvalue weighted by atomic mass is 32.2. The Labute approximate surface area is 167 Å². The fourth-order valence-corrected chi connectivity index (χ4v) is 3.48. The maximum absolute atomic E-state index is 11.5. The zero-order chi connectivity index (χ0) is 20.3. The summed E-state index contributed by atoms with van der Waals surface area (Å²) in [6.07, 6.45) is 0.469. The van der Waals surface area contributed by atoms with Crippen molar-refractivity contribution < 1.29 is 9.72 Å². The first-order valence-corrected chi connectivity index (χ1v) is 9.65. The molecule has 0 amide bonds. The van der Waals surface area contributed by atoms with Crippen molar-refractivity contribution in [3.05, 3.63) is 58.1 Å². The van der Waals surface area contributed by atoms with Gasteiger partial charge >= 0.3 is 0 Å². The topological polar surface area (TPSA) is 88.2 Å². The van der Waals surface area contributed by atoms with Gasteiger partial charge in [0.1, 0.15) is 10.8 Å². The summed E-state index contributed by atoms with van der Waals surface area (Å²) in [5, 5.41) is 20.5. The van der Waals surface area contributed by atoms with Crippen LogP contribution in [-0.2, 0) is 4.79 Å². The summed E-state index contributed by atoms with van der Waals surface area (Å²) in [5.74, 6) is 0.415. The van der Waals surface area contributed by atoms with E-state index < -0.39 is 4.92 Å². The lowest BCUT2D eigenvalue weighted by Gasteiger charge is -2.14. The van der Waals surface area contributed by atoms with E-state index in [9.17, 15) is 14.9 Å². The van der Waals surface area contributed by atoms with Crippen LogP contribution in [0.4, 0.5) is 11.4 Å². The smallest absolute Gasteiger partial charge is 0.270 e. The molecule has 0 atom stereocenters. The van der Waals surface area contributed by atoms with E-state index in [2.05, 4.69) is 10.2 Å². The lowest BCUT2D eigenvalue weighted by Crippen LogP contribution is -2.08. The molecule has 0 N–H and O–H groups in total. The van der Waals surface area contributed by atoms with Gasteiger partial charge in [0.05, 0.1) is 16.4 Å². The van der Waals surface area contributed by atoms with Crippen molar-refractivity contribution in [3.8, 4) is 11.1 Å². The second-order valence-electron chi connectivity index (χ2n) is 6.68. The monoisotopic (exact) mass is 396 g/mol. The van der Waals surface area contributed by atoms with Crippen LogP contribution in [0.5, 0.6) is 0 Å². The van der Waals surface area contributed by atoms with Gasteiger partial charge in [0.25, 0.3) is 5.69 Å². The van der Waals surface area contributed by atoms with Crippen LogP contribution in [0.3, 0.4) is 0 Å². The molecule has 144 valence electrons. The van der Waals surface area contributed by atoms with Gasteiger partial charge in [-0.05, 0) is 36.2 Å².